The van der Waals surface area contributed by atoms with Crippen LogP contribution in [0.4, 0.5) is 0 Å². The molecule has 1 aromatic heterocycles. The highest BCUT2D eigenvalue weighted by Gasteiger charge is 2.15. The summed E-state index contributed by atoms with van der Waals surface area (Å²) >= 11 is 0. The van der Waals surface area contributed by atoms with Crippen LogP contribution in [0.5, 0.6) is 0 Å². The molecule has 0 aromatic carbocycles. The fourth-order valence-electron chi connectivity index (χ4n) is 1.21. The monoisotopic (exact) mass is 194 g/mol. The molecule has 0 amide bonds. The van der Waals surface area contributed by atoms with Crippen LogP contribution < -0.4 is 0 Å². The van der Waals surface area contributed by atoms with Crippen molar-refractivity contribution in [1.29, 1.82) is 0 Å². The van der Waals surface area contributed by atoms with E-state index in [1.807, 2.05) is 43.8 Å². The number of rotatable bonds is 3. The summed E-state index contributed by atoms with van der Waals surface area (Å²) in [4.78, 5) is 10.4. The van der Waals surface area contributed by atoms with Gasteiger partial charge in [0.15, 0.2) is 0 Å². The van der Waals surface area contributed by atoms with Crippen LogP contribution in [0, 0.1) is 16.0 Å². The Morgan fingerprint density at radius 1 is 1.64 bits per heavy atom. The molecule has 1 heterocycles. The number of nitro groups is 1. The van der Waals surface area contributed by atoms with E-state index in [1.54, 1.807) is 6.08 Å². The molecule has 4 heteroatoms. The van der Waals surface area contributed by atoms with Crippen molar-refractivity contribution >= 4 is 6.08 Å². The molecule has 4 nitrogen and oxygen atoms in total. The van der Waals surface area contributed by atoms with E-state index in [-0.39, 0.29) is 16.5 Å². The Morgan fingerprint density at radius 2 is 2.29 bits per heavy atom. The molecule has 0 aliphatic rings. The molecule has 0 radical (unpaired) electrons. The lowest BCUT2D eigenvalue weighted by Crippen LogP contribution is -2.06. The van der Waals surface area contributed by atoms with Crippen molar-refractivity contribution in [2.75, 3.05) is 0 Å². The molecule has 0 bridgehead atoms. The average molecular weight is 194 g/mol. The van der Waals surface area contributed by atoms with Crippen LogP contribution in [0.25, 0.3) is 6.08 Å². The second-order valence-corrected chi connectivity index (χ2v) is 3.52. The van der Waals surface area contributed by atoms with Gasteiger partial charge in [-0.3, -0.25) is 10.1 Å². The van der Waals surface area contributed by atoms with E-state index in [0.717, 1.165) is 5.69 Å². The number of allylic oxidation sites excluding steroid dienone is 1. The van der Waals surface area contributed by atoms with Crippen LogP contribution in [0.2, 0.25) is 0 Å². The molecule has 76 valence electrons. The number of hydrogen-bond donors (Lipinski definition) is 0. The Morgan fingerprint density at radius 3 is 2.64 bits per heavy atom. The third-order valence-electron chi connectivity index (χ3n) is 2.08. The van der Waals surface area contributed by atoms with Crippen molar-refractivity contribution in [3.05, 3.63) is 39.8 Å². The topological polar surface area (TPSA) is 48.1 Å². The van der Waals surface area contributed by atoms with Gasteiger partial charge < -0.3 is 4.57 Å². The summed E-state index contributed by atoms with van der Waals surface area (Å²) in [5.74, 6) is -0.0695. The zero-order chi connectivity index (χ0) is 10.7. The predicted octanol–water partition coefficient (Wildman–Crippen LogP) is 2.30. The predicted molar refractivity (Wildman–Crippen MR) is 55.2 cm³/mol. The van der Waals surface area contributed by atoms with Crippen molar-refractivity contribution in [3.63, 3.8) is 0 Å². The van der Waals surface area contributed by atoms with Gasteiger partial charge in [-0.1, -0.05) is 13.8 Å². The van der Waals surface area contributed by atoms with Gasteiger partial charge in [0.1, 0.15) is 0 Å². The zero-order valence-corrected chi connectivity index (χ0v) is 8.60. The lowest BCUT2D eigenvalue weighted by Gasteiger charge is -2.02. The van der Waals surface area contributed by atoms with Crippen LogP contribution in [0.15, 0.2) is 24.0 Å². The second kappa shape index (κ2) is 4.09. The summed E-state index contributed by atoms with van der Waals surface area (Å²) in [6.07, 6.45) is 3.48. The van der Waals surface area contributed by atoms with Crippen molar-refractivity contribution < 1.29 is 4.92 Å². The normalized spacial score (nSPS) is 12.1. The smallest absolute Gasteiger partial charge is 0.250 e. The summed E-state index contributed by atoms with van der Waals surface area (Å²) in [5.41, 5.74) is 1.09. The van der Waals surface area contributed by atoms with Crippen LogP contribution in [0.3, 0.4) is 0 Å². The third kappa shape index (κ3) is 2.22. The Balaban J connectivity index is 3.06. The molecule has 0 unspecified atom stereocenters. The van der Waals surface area contributed by atoms with E-state index < -0.39 is 0 Å². The summed E-state index contributed by atoms with van der Waals surface area (Å²) in [7, 11) is 1.86. The van der Waals surface area contributed by atoms with Crippen LogP contribution in [-0.4, -0.2) is 9.49 Å². The zero-order valence-electron chi connectivity index (χ0n) is 8.60. The maximum atomic E-state index is 10.7. The van der Waals surface area contributed by atoms with Gasteiger partial charge in [0, 0.05) is 30.9 Å². The van der Waals surface area contributed by atoms with E-state index >= 15 is 0 Å². The molecular weight excluding hydrogens is 180 g/mol. The summed E-state index contributed by atoms with van der Waals surface area (Å²) < 4.78 is 1.85. The van der Waals surface area contributed by atoms with Gasteiger partial charge in [-0.2, -0.15) is 0 Å². The molecule has 1 rings (SSSR count). The first-order valence-electron chi connectivity index (χ1n) is 4.49. The first kappa shape index (κ1) is 10.5. The number of aromatic nitrogens is 1. The maximum Gasteiger partial charge on any atom is 0.250 e. The molecular formula is C10H14N2O2. The number of aryl methyl sites for hydroxylation is 1. The Labute approximate surface area is 83.0 Å². The van der Waals surface area contributed by atoms with Crippen LogP contribution in [0.1, 0.15) is 19.5 Å². The molecule has 0 saturated heterocycles. The van der Waals surface area contributed by atoms with Crippen molar-refractivity contribution in [3.8, 4) is 0 Å². The largest absolute Gasteiger partial charge is 0.351 e. The fraction of sp³-hybridized carbons (Fsp3) is 0.400. The van der Waals surface area contributed by atoms with E-state index in [1.165, 1.54) is 0 Å². The van der Waals surface area contributed by atoms with Gasteiger partial charge in [-0.05, 0) is 12.1 Å². The second-order valence-electron chi connectivity index (χ2n) is 3.52. The third-order valence-corrected chi connectivity index (χ3v) is 2.08. The van der Waals surface area contributed by atoms with Gasteiger partial charge in [-0.25, -0.2) is 0 Å². The first-order chi connectivity index (χ1) is 6.52. The van der Waals surface area contributed by atoms with E-state index in [0.29, 0.717) is 0 Å². The summed E-state index contributed by atoms with van der Waals surface area (Å²) in [6.45, 7) is 3.63. The average Bonchev–Trinajstić information content (AvgIpc) is 2.46. The molecule has 0 spiro atoms. The summed E-state index contributed by atoms with van der Waals surface area (Å²) in [6, 6.07) is 3.72. The van der Waals surface area contributed by atoms with E-state index in [9.17, 15) is 10.1 Å². The quantitative estimate of drug-likeness (QED) is 0.547. The molecule has 0 aliphatic carbocycles. The van der Waals surface area contributed by atoms with E-state index in [2.05, 4.69) is 0 Å². The lowest BCUT2D eigenvalue weighted by molar-refractivity contribution is -0.431. The van der Waals surface area contributed by atoms with Gasteiger partial charge in [0.25, 0.3) is 5.70 Å². The lowest BCUT2D eigenvalue weighted by atomic mass is 10.1. The summed E-state index contributed by atoms with van der Waals surface area (Å²) in [5, 5.41) is 10.7. The maximum absolute atomic E-state index is 10.7. The van der Waals surface area contributed by atoms with Gasteiger partial charge in [0.2, 0.25) is 0 Å². The minimum Gasteiger partial charge on any atom is -0.351 e. The molecule has 0 atom stereocenters. The highest BCUT2D eigenvalue weighted by molar-refractivity contribution is 5.47. The SMILES string of the molecule is CC(C)/C(=C/c1cccn1C)[N+](=O)[O-]. The Bertz CT molecular complexity index is 364. The molecule has 1 aromatic rings. The highest BCUT2D eigenvalue weighted by Crippen LogP contribution is 2.15. The minimum absolute atomic E-state index is 0.0695. The van der Waals surface area contributed by atoms with Crippen LogP contribution >= 0.6 is 0 Å². The van der Waals surface area contributed by atoms with Gasteiger partial charge >= 0.3 is 0 Å². The first-order valence-corrected chi connectivity index (χ1v) is 4.49. The molecule has 0 saturated carbocycles. The van der Waals surface area contributed by atoms with Crippen molar-refractivity contribution in [1.82, 2.24) is 4.57 Å². The van der Waals surface area contributed by atoms with Crippen molar-refractivity contribution in [2.24, 2.45) is 13.0 Å². The Kier molecular flexibility index (Phi) is 3.06. The molecule has 0 N–H and O–H groups in total. The van der Waals surface area contributed by atoms with Crippen molar-refractivity contribution in [2.45, 2.75) is 13.8 Å². The fourth-order valence-corrected chi connectivity index (χ4v) is 1.21. The number of hydrogen-bond acceptors (Lipinski definition) is 2. The Hall–Kier alpha value is -1.58. The molecule has 14 heavy (non-hydrogen) atoms. The molecule has 0 fully saturated rings. The number of nitrogens with zero attached hydrogens (tertiary/aromatic N) is 2. The van der Waals surface area contributed by atoms with Gasteiger partial charge in [-0.15, -0.1) is 0 Å². The van der Waals surface area contributed by atoms with Crippen LogP contribution in [-0.2, 0) is 7.05 Å². The van der Waals surface area contributed by atoms with E-state index in [4.69, 9.17) is 0 Å². The standard InChI is InChI=1S/C10H14N2O2/c1-8(2)10(12(13)14)7-9-5-4-6-11(9)3/h4-8H,1-3H3/b10-7-. The molecule has 0 aliphatic heterocycles. The highest BCUT2D eigenvalue weighted by atomic mass is 16.6. The minimum atomic E-state index is -0.322. The van der Waals surface area contributed by atoms with Gasteiger partial charge in [0.05, 0.1) is 4.92 Å².